The Balaban J connectivity index is 2.05. The van der Waals surface area contributed by atoms with Crippen LogP contribution in [0.4, 0.5) is 0 Å². The third-order valence-corrected chi connectivity index (χ3v) is 4.11. The van der Waals surface area contributed by atoms with Gasteiger partial charge in [-0.1, -0.05) is 12.8 Å². The van der Waals surface area contributed by atoms with Crippen LogP contribution in [0.25, 0.3) is 0 Å². The van der Waals surface area contributed by atoms with Gasteiger partial charge in [-0.15, -0.1) is 11.6 Å². The summed E-state index contributed by atoms with van der Waals surface area (Å²) in [4.78, 5) is 0. The maximum absolute atomic E-state index is 9.76. The normalized spacial score (nSPS) is 48.5. The van der Waals surface area contributed by atoms with Gasteiger partial charge in [-0.3, -0.25) is 0 Å². The van der Waals surface area contributed by atoms with Gasteiger partial charge < -0.3 is 5.11 Å². The number of hydrogen-bond donors (Lipinski definition) is 1. The molecule has 0 spiro atoms. The van der Waals surface area contributed by atoms with Crippen molar-refractivity contribution < 1.29 is 5.11 Å². The average molecular weight is 189 g/mol. The van der Waals surface area contributed by atoms with Crippen molar-refractivity contribution in [3.05, 3.63) is 0 Å². The van der Waals surface area contributed by atoms with E-state index < -0.39 is 0 Å². The Bertz CT molecular complexity index is 142. The minimum Gasteiger partial charge on any atom is -0.393 e. The minimum absolute atomic E-state index is 0.0506. The molecule has 0 radical (unpaired) electrons. The largest absolute Gasteiger partial charge is 0.393 e. The molecule has 12 heavy (non-hydrogen) atoms. The summed E-state index contributed by atoms with van der Waals surface area (Å²) in [6.45, 7) is 0. The highest BCUT2D eigenvalue weighted by molar-refractivity contribution is 6.20. The molecule has 0 heterocycles. The number of aliphatic hydroxyl groups is 1. The topological polar surface area (TPSA) is 20.2 Å². The molecule has 2 heteroatoms. The van der Waals surface area contributed by atoms with Crippen LogP contribution in [0, 0.1) is 11.8 Å². The SMILES string of the molecule is O[C@@H]1CC[C@@H](Cl)C2CCCCC21. The summed E-state index contributed by atoms with van der Waals surface area (Å²) in [7, 11) is 0. The Morgan fingerprint density at radius 2 is 1.58 bits per heavy atom. The summed E-state index contributed by atoms with van der Waals surface area (Å²) in [5.41, 5.74) is 0. The second-order valence-electron chi connectivity index (χ2n) is 4.27. The highest BCUT2D eigenvalue weighted by Crippen LogP contribution is 2.42. The fourth-order valence-electron chi connectivity index (χ4n) is 2.87. The number of aliphatic hydroxyl groups excluding tert-OH is 1. The Labute approximate surface area is 79.1 Å². The van der Waals surface area contributed by atoms with Gasteiger partial charge in [0.05, 0.1) is 6.10 Å². The van der Waals surface area contributed by atoms with Crippen molar-refractivity contribution in [3.63, 3.8) is 0 Å². The summed E-state index contributed by atoms with van der Waals surface area (Å²) < 4.78 is 0. The molecule has 0 bridgehead atoms. The van der Waals surface area contributed by atoms with Gasteiger partial charge >= 0.3 is 0 Å². The number of rotatable bonds is 0. The van der Waals surface area contributed by atoms with Crippen LogP contribution in [-0.2, 0) is 0 Å². The zero-order valence-corrected chi connectivity index (χ0v) is 8.13. The second-order valence-corrected chi connectivity index (χ2v) is 4.83. The molecule has 0 aromatic rings. The van der Waals surface area contributed by atoms with E-state index in [1.54, 1.807) is 0 Å². The van der Waals surface area contributed by atoms with E-state index in [0.717, 1.165) is 12.8 Å². The molecule has 2 unspecified atom stereocenters. The molecule has 1 nitrogen and oxygen atoms in total. The van der Waals surface area contributed by atoms with Gasteiger partial charge in [0, 0.05) is 5.38 Å². The zero-order valence-electron chi connectivity index (χ0n) is 7.38. The number of halogens is 1. The lowest BCUT2D eigenvalue weighted by Gasteiger charge is -2.41. The van der Waals surface area contributed by atoms with E-state index in [1.807, 2.05) is 0 Å². The van der Waals surface area contributed by atoms with Gasteiger partial charge in [0.15, 0.2) is 0 Å². The van der Waals surface area contributed by atoms with Crippen molar-refractivity contribution in [3.8, 4) is 0 Å². The zero-order chi connectivity index (χ0) is 8.55. The first-order valence-corrected chi connectivity index (χ1v) is 5.55. The summed E-state index contributed by atoms with van der Waals surface area (Å²) in [6, 6.07) is 0. The van der Waals surface area contributed by atoms with E-state index in [-0.39, 0.29) is 6.10 Å². The summed E-state index contributed by atoms with van der Waals surface area (Å²) in [5, 5.41) is 10.1. The Hall–Kier alpha value is 0.250. The third-order valence-electron chi connectivity index (χ3n) is 3.57. The fourth-order valence-corrected chi connectivity index (χ4v) is 3.31. The smallest absolute Gasteiger partial charge is 0.0572 e. The van der Waals surface area contributed by atoms with Crippen molar-refractivity contribution in [2.24, 2.45) is 11.8 Å². The molecular weight excluding hydrogens is 172 g/mol. The van der Waals surface area contributed by atoms with Gasteiger partial charge in [0.1, 0.15) is 0 Å². The summed E-state index contributed by atoms with van der Waals surface area (Å²) >= 11 is 6.24. The van der Waals surface area contributed by atoms with Crippen LogP contribution in [0.2, 0.25) is 0 Å². The predicted molar refractivity (Wildman–Crippen MR) is 50.3 cm³/mol. The molecule has 0 aromatic carbocycles. The van der Waals surface area contributed by atoms with E-state index in [0.29, 0.717) is 17.2 Å². The van der Waals surface area contributed by atoms with Gasteiger partial charge in [-0.25, -0.2) is 0 Å². The maximum atomic E-state index is 9.76. The Morgan fingerprint density at radius 3 is 2.25 bits per heavy atom. The fraction of sp³-hybridized carbons (Fsp3) is 1.00. The quantitative estimate of drug-likeness (QED) is 0.580. The minimum atomic E-state index is -0.0506. The van der Waals surface area contributed by atoms with Crippen LogP contribution in [0.15, 0.2) is 0 Å². The van der Waals surface area contributed by atoms with Crippen LogP contribution >= 0.6 is 11.6 Å². The van der Waals surface area contributed by atoms with Gasteiger partial charge in [-0.2, -0.15) is 0 Å². The van der Waals surface area contributed by atoms with E-state index in [9.17, 15) is 5.11 Å². The van der Waals surface area contributed by atoms with Crippen LogP contribution in [-0.4, -0.2) is 16.6 Å². The van der Waals surface area contributed by atoms with Crippen molar-refractivity contribution in [1.29, 1.82) is 0 Å². The molecule has 4 atom stereocenters. The number of hydrogen-bond acceptors (Lipinski definition) is 1. The standard InChI is InChI=1S/C10H17ClO/c11-9-5-6-10(12)8-4-2-1-3-7(8)9/h7-10,12H,1-6H2/t7?,8?,9-,10-/m1/s1. The van der Waals surface area contributed by atoms with Crippen molar-refractivity contribution in [2.75, 3.05) is 0 Å². The predicted octanol–water partition coefficient (Wildman–Crippen LogP) is 2.55. The molecule has 1 N–H and O–H groups in total. The molecule has 2 aliphatic carbocycles. The molecule has 0 aromatic heterocycles. The Morgan fingerprint density at radius 1 is 0.917 bits per heavy atom. The van der Waals surface area contributed by atoms with Crippen LogP contribution < -0.4 is 0 Å². The first-order chi connectivity index (χ1) is 5.79. The summed E-state index contributed by atoms with van der Waals surface area (Å²) in [5.74, 6) is 1.14. The molecule has 2 saturated carbocycles. The first kappa shape index (κ1) is 8.83. The lowest BCUT2D eigenvalue weighted by molar-refractivity contribution is 0.0127. The Kier molecular flexibility index (Phi) is 2.61. The lowest BCUT2D eigenvalue weighted by atomic mass is 9.69. The third kappa shape index (κ3) is 1.49. The highest BCUT2D eigenvalue weighted by Gasteiger charge is 2.38. The molecule has 2 fully saturated rings. The molecule has 70 valence electrons. The molecule has 0 amide bonds. The van der Waals surface area contributed by atoms with Crippen LogP contribution in [0.3, 0.4) is 0 Å². The average Bonchev–Trinajstić information content (AvgIpc) is 2.12. The molecule has 2 rings (SSSR count). The molecule has 2 aliphatic rings. The number of fused-ring (bicyclic) bond motifs is 1. The van der Waals surface area contributed by atoms with Gasteiger partial charge in [0.2, 0.25) is 0 Å². The molecule has 0 saturated heterocycles. The summed E-state index contributed by atoms with van der Waals surface area (Å²) in [6.07, 6.45) is 6.95. The van der Waals surface area contributed by atoms with Crippen LogP contribution in [0.5, 0.6) is 0 Å². The van der Waals surface area contributed by atoms with E-state index in [2.05, 4.69) is 0 Å². The van der Waals surface area contributed by atoms with E-state index in [4.69, 9.17) is 11.6 Å². The van der Waals surface area contributed by atoms with Crippen molar-refractivity contribution in [2.45, 2.75) is 50.0 Å². The van der Waals surface area contributed by atoms with E-state index >= 15 is 0 Å². The van der Waals surface area contributed by atoms with E-state index in [1.165, 1.54) is 25.7 Å². The second kappa shape index (κ2) is 3.55. The monoisotopic (exact) mass is 188 g/mol. The van der Waals surface area contributed by atoms with Crippen LogP contribution in [0.1, 0.15) is 38.5 Å². The maximum Gasteiger partial charge on any atom is 0.0572 e. The molecule has 0 aliphatic heterocycles. The van der Waals surface area contributed by atoms with Crippen molar-refractivity contribution >= 4 is 11.6 Å². The number of alkyl halides is 1. The lowest BCUT2D eigenvalue weighted by Crippen LogP contribution is -2.40. The van der Waals surface area contributed by atoms with Gasteiger partial charge in [-0.05, 0) is 37.5 Å². The van der Waals surface area contributed by atoms with Gasteiger partial charge in [0.25, 0.3) is 0 Å². The van der Waals surface area contributed by atoms with Crippen molar-refractivity contribution in [1.82, 2.24) is 0 Å². The molecular formula is C10H17ClO. The first-order valence-electron chi connectivity index (χ1n) is 5.11. The highest BCUT2D eigenvalue weighted by atomic mass is 35.5.